The van der Waals surface area contributed by atoms with Crippen LogP contribution in [-0.2, 0) is 6.54 Å². The fourth-order valence-electron chi connectivity index (χ4n) is 6.11. The van der Waals surface area contributed by atoms with E-state index in [0.717, 1.165) is 68.4 Å². The van der Waals surface area contributed by atoms with Gasteiger partial charge in [-0.3, -0.25) is 10.1 Å². The van der Waals surface area contributed by atoms with Gasteiger partial charge in [0.1, 0.15) is 11.5 Å². The second-order valence-corrected chi connectivity index (χ2v) is 10.9. The van der Waals surface area contributed by atoms with E-state index in [2.05, 4.69) is 5.32 Å². The number of carbonyl (C=O) groups excluding carboxylic acids is 2. The lowest BCUT2D eigenvalue weighted by Crippen LogP contribution is -2.61. The first-order valence-corrected chi connectivity index (χ1v) is 13.4. The highest BCUT2D eigenvalue weighted by Crippen LogP contribution is 2.40. The molecule has 1 atom stereocenters. The molecule has 36 heavy (non-hydrogen) atoms. The van der Waals surface area contributed by atoms with Crippen LogP contribution in [0.25, 0.3) is 0 Å². The highest BCUT2D eigenvalue weighted by molar-refractivity contribution is 5.81. The van der Waals surface area contributed by atoms with Crippen LogP contribution in [0.5, 0.6) is 11.5 Å². The molecular weight excluding hydrogens is 460 g/mol. The zero-order chi connectivity index (χ0) is 25.9. The van der Waals surface area contributed by atoms with E-state index in [1.54, 1.807) is 30.1 Å². The normalized spacial score (nSPS) is 23.0. The van der Waals surface area contributed by atoms with Crippen LogP contribution in [0.15, 0.2) is 18.2 Å². The van der Waals surface area contributed by atoms with Crippen molar-refractivity contribution in [1.82, 2.24) is 20.2 Å². The predicted molar refractivity (Wildman–Crippen MR) is 136 cm³/mol. The maximum absolute atomic E-state index is 14.0. The average Bonchev–Trinajstić information content (AvgIpc) is 3.09. The van der Waals surface area contributed by atoms with Gasteiger partial charge >= 0.3 is 12.1 Å². The van der Waals surface area contributed by atoms with Crippen LogP contribution >= 0.6 is 0 Å². The van der Waals surface area contributed by atoms with Crippen LogP contribution in [0.2, 0.25) is 0 Å². The van der Waals surface area contributed by atoms with Gasteiger partial charge in [-0.2, -0.15) is 5.06 Å². The van der Waals surface area contributed by atoms with Gasteiger partial charge in [0.2, 0.25) is 0 Å². The van der Waals surface area contributed by atoms with E-state index in [9.17, 15) is 14.8 Å². The van der Waals surface area contributed by atoms with Crippen molar-refractivity contribution in [2.24, 2.45) is 0 Å². The minimum Gasteiger partial charge on any atom is -0.497 e. The number of hydrogen-bond donors (Lipinski definition) is 2. The smallest absolute Gasteiger partial charge is 0.343 e. The van der Waals surface area contributed by atoms with Crippen LogP contribution in [0.4, 0.5) is 9.59 Å². The van der Waals surface area contributed by atoms with Crippen molar-refractivity contribution in [3.05, 3.63) is 23.8 Å². The second-order valence-electron chi connectivity index (χ2n) is 10.9. The summed E-state index contributed by atoms with van der Waals surface area (Å²) in [5.74, 6) is 1.29. The molecule has 9 nitrogen and oxygen atoms in total. The molecule has 1 unspecified atom stereocenters. The van der Waals surface area contributed by atoms with Gasteiger partial charge in [0.05, 0.1) is 19.8 Å². The lowest BCUT2D eigenvalue weighted by molar-refractivity contribution is -0.141. The summed E-state index contributed by atoms with van der Waals surface area (Å²) in [6, 6.07) is 4.92. The molecule has 1 aromatic carbocycles. The average molecular weight is 503 g/mol. The van der Waals surface area contributed by atoms with Crippen molar-refractivity contribution in [1.29, 1.82) is 0 Å². The van der Waals surface area contributed by atoms with Crippen molar-refractivity contribution in [2.45, 2.75) is 108 Å². The topological polar surface area (TPSA) is 94.6 Å². The van der Waals surface area contributed by atoms with Crippen LogP contribution < -0.4 is 14.8 Å². The summed E-state index contributed by atoms with van der Waals surface area (Å²) in [7, 11) is 3.19. The Hall–Kier alpha value is -2.68. The van der Waals surface area contributed by atoms with Crippen LogP contribution in [0.1, 0.15) is 83.6 Å². The van der Waals surface area contributed by atoms with Gasteiger partial charge in [-0.1, -0.05) is 38.5 Å². The molecule has 9 heteroatoms. The minimum absolute atomic E-state index is 0.0162. The van der Waals surface area contributed by atoms with E-state index in [1.165, 1.54) is 6.42 Å². The Bertz CT molecular complexity index is 904. The summed E-state index contributed by atoms with van der Waals surface area (Å²) in [6.45, 7) is 4.15. The number of rotatable bonds is 7. The zero-order valence-electron chi connectivity index (χ0n) is 22.2. The predicted octanol–water partition coefficient (Wildman–Crippen LogP) is 5.11. The molecule has 1 aromatic rings. The molecule has 0 radical (unpaired) electrons. The molecule has 4 amide bonds. The summed E-state index contributed by atoms with van der Waals surface area (Å²) in [5.41, 5.74) is 0.0109. The van der Waals surface area contributed by atoms with E-state index in [1.807, 2.05) is 26.0 Å². The fourth-order valence-corrected chi connectivity index (χ4v) is 6.11. The molecule has 1 aliphatic heterocycles. The maximum Gasteiger partial charge on any atom is 0.343 e. The van der Waals surface area contributed by atoms with Crippen LogP contribution in [0.3, 0.4) is 0 Å². The summed E-state index contributed by atoms with van der Waals surface area (Å²) in [4.78, 5) is 30.7. The standard InChI is InChI=1S/C27H42N4O5/c1-27(2)24(31(34)25(32)28-20-11-7-5-8-12-20)30(21-13-9-6-10-14-21)26(33)29(27)18-19-15-22(35-3)17-23(16-19)36-4/h15-17,20-21,24,34H,5-14,18H2,1-4H3,(H,28,32). The molecule has 1 saturated heterocycles. The molecule has 4 rings (SSSR count). The van der Waals surface area contributed by atoms with E-state index in [0.29, 0.717) is 18.0 Å². The Balaban J connectivity index is 1.63. The molecule has 0 bridgehead atoms. The molecule has 200 valence electrons. The van der Waals surface area contributed by atoms with Crippen molar-refractivity contribution in [3.63, 3.8) is 0 Å². The third kappa shape index (κ3) is 5.36. The first kappa shape index (κ1) is 26.4. The first-order chi connectivity index (χ1) is 17.3. The third-order valence-corrected chi connectivity index (χ3v) is 8.14. The highest BCUT2D eigenvalue weighted by atomic mass is 16.5. The first-order valence-electron chi connectivity index (χ1n) is 13.4. The molecule has 1 heterocycles. The van der Waals surface area contributed by atoms with Crippen molar-refractivity contribution >= 4 is 12.1 Å². The Morgan fingerprint density at radius 1 is 1.00 bits per heavy atom. The summed E-state index contributed by atoms with van der Waals surface area (Å²) < 4.78 is 10.8. The van der Waals surface area contributed by atoms with Crippen LogP contribution in [0, 0.1) is 0 Å². The number of carbonyl (C=O) groups is 2. The van der Waals surface area contributed by atoms with Crippen molar-refractivity contribution in [2.75, 3.05) is 14.2 Å². The lowest BCUT2D eigenvalue weighted by Gasteiger charge is -2.41. The second kappa shape index (κ2) is 11.2. The van der Waals surface area contributed by atoms with E-state index in [4.69, 9.17) is 9.47 Å². The Labute approximate surface area is 214 Å². The lowest BCUT2D eigenvalue weighted by atomic mass is 9.92. The highest BCUT2D eigenvalue weighted by Gasteiger charge is 2.57. The number of nitrogens with zero attached hydrogens (tertiary/aromatic N) is 3. The summed E-state index contributed by atoms with van der Waals surface area (Å²) in [5, 5.41) is 15.1. The maximum atomic E-state index is 14.0. The van der Waals surface area contributed by atoms with E-state index < -0.39 is 17.7 Å². The van der Waals surface area contributed by atoms with Gasteiger partial charge in [0.15, 0.2) is 6.17 Å². The number of benzene rings is 1. The number of urea groups is 2. The number of methoxy groups -OCH3 is 2. The molecule has 3 fully saturated rings. The fraction of sp³-hybridized carbons (Fsp3) is 0.704. The number of hydrogen-bond acceptors (Lipinski definition) is 5. The Kier molecular flexibility index (Phi) is 8.17. The van der Waals surface area contributed by atoms with Gasteiger partial charge in [-0.05, 0) is 57.2 Å². The van der Waals surface area contributed by atoms with E-state index >= 15 is 0 Å². The molecule has 2 saturated carbocycles. The van der Waals surface area contributed by atoms with E-state index in [-0.39, 0.29) is 18.1 Å². The van der Waals surface area contributed by atoms with Gasteiger partial charge in [-0.25, -0.2) is 9.59 Å². The third-order valence-electron chi connectivity index (χ3n) is 8.14. The number of nitrogens with one attached hydrogen (secondary N) is 1. The summed E-state index contributed by atoms with van der Waals surface area (Å²) in [6.07, 6.45) is 9.34. The van der Waals surface area contributed by atoms with Gasteiger partial charge in [-0.15, -0.1) is 0 Å². The molecule has 0 aromatic heterocycles. The van der Waals surface area contributed by atoms with Gasteiger partial charge < -0.3 is 19.7 Å². The van der Waals surface area contributed by atoms with Crippen molar-refractivity contribution < 1.29 is 24.3 Å². The molecule has 2 N–H and O–H groups in total. The Morgan fingerprint density at radius 3 is 2.11 bits per heavy atom. The van der Waals surface area contributed by atoms with Crippen molar-refractivity contribution in [3.8, 4) is 11.5 Å². The molecule has 0 spiro atoms. The van der Waals surface area contributed by atoms with Crippen LogP contribution in [-0.4, -0.2) is 70.1 Å². The monoisotopic (exact) mass is 502 g/mol. The quantitative estimate of drug-likeness (QED) is 0.399. The minimum atomic E-state index is -0.844. The largest absolute Gasteiger partial charge is 0.497 e. The SMILES string of the molecule is COc1cc(CN2C(=O)N(C3CCCCC3)C(N(O)C(=O)NC3CCCCC3)C2(C)C)cc(OC)c1. The summed E-state index contributed by atoms with van der Waals surface area (Å²) >= 11 is 0. The molecule has 3 aliphatic rings. The zero-order valence-corrected chi connectivity index (χ0v) is 22.2. The number of ether oxygens (including phenoxy) is 2. The van der Waals surface area contributed by atoms with Gasteiger partial charge in [0.25, 0.3) is 0 Å². The van der Waals surface area contributed by atoms with Gasteiger partial charge in [0, 0.05) is 24.7 Å². The number of amides is 4. The molecule has 2 aliphatic carbocycles. The molecular formula is C27H42N4O5. The number of hydroxylamine groups is 2. The Morgan fingerprint density at radius 2 is 1.56 bits per heavy atom.